The summed E-state index contributed by atoms with van der Waals surface area (Å²) >= 11 is 1.45. The fourth-order valence-electron chi connectivity index (χ4n) is 3.65. The second-order valence-electron chi connectivity index (χ2n) is 8.37. The van der Waals surface area contributed by atoms with Gasteiger partial charge < -0.3 is 10.0 Å². The van der Waals surface area contributed by atoms with Crippen LogP contribution in [0.2, 0.25) is 0 Å². The molecule has 0 fully saturated rings. The van der Waals surface area contributed by atoms with Crippen LogP contribution in [-0.2, 0) is 19.3 Å². The smallest absolute Gasteiger partial charge is 0.416 e. The van der Waals surface area contributed by atoms with Crippen molar-refractivity contribution in [2.45, 2.75) is 31.1 Å². The lowest BCUT2D eigenvalue weighted by molar-refractivity contribution is -0.137. The Balaban J connectivity index is 1.76. The van der Waals surface area contributed by atoms with E-state index in [4.69, 9.17) is 4.99 Å². The van der Waals surface area contributed by atoms with Gasteiger partial charge in [0.2, 0.25) is 0 Å². The van der Waals surface area contributed by atoms with Crippen molar-refractivity contribution in [1.29, 1.82) is 0 Å². The minimum absolute atomic E-state index is 0.166. The minimum atomic E-state index is -4.41. The van der Waals surface area contributed by atoms with Crippen molar-refractivity contribution in [2.75, 3.05) is 0 Å². The van der Waals surface area contributed by atoms with Crippen molar-refractivity contribution < 1.29 is 18.3 Å². The van der Waals surface area contributed by atoms with Crippen molar-refractivity contribution in [3.05, 3.63) is 125 Å². The second kappa shape index (κ2) is 11.4. The predicted octanol–water partition coefficient (Wildman–Crippen LogP) is 8.20. The van der Waals surface area contributed by atoms with E-state index >= 15 is 0 Å². The number of halogens is 3. The lowest BCUT2D eigenvalue weighted by Gasteiger charge is -2.26. The highest BCUT2D eigenvalue weighted by Crippen LogP contribution is 2.32. The third kappa shape index (κ3) is 7.15. The molecule has 36 heavy (non-hydrogen) atoms. The molecule has 4 aromatic rings. The van der Waals surface area contributed by atoms with Crippen molar-refractivity contribution in [1.82, 2.24) is 4.90 Å². The minimum Gasteiger partial charge on any atom is -0.508 e. The van der Waals surface area contributed by atoms with Crippen LogP contribution in [0.3, 0.4) is 0 Å². The molecule has 1 N–H and O–H groups in total. The van der Waals surface area contributed by atoms with E-state index in [2.05, 4.69) is 4.90 Å². The van der Waals surface area contributed by atoms with Gasteiger partial charge in [0, 0.05) is 18.0 Å². The molecule has 0 aliphatic carbocycles. The third-order valence-corrected chi connectivity index (χ3v) is 6.41. The highest BCUT2D eigenvalue weighted by atomic mass is 32.2. The number of alkyl halides is 3. The van der Waals surface area contributed by atoms with Crippen LogP contribution in [0.4, 0.5) is 18.9 Å². The normalized spacial score (nSPS) is 11.9. The molecule has 4 rings (SSSR count). The number of hydrogen-bond donors (Lipinski definition) is 1. The Labute approximate surface area is 212 Å². The Kier molecular flexibility index (Phi) is 8.00. The SMILES string of the molecule is Cc1cccc(SC(=Nc2ccc(C(F)(F)F)cc2)N(Cc2ccccc2)Cc2cccc(O)c2)c1. The third-order valence-electron chi connectivity index (χ3n) is 5.39. The van der Waals surface area contributed by atoms with Crippen LogP contribution in [0.15, 0.2) is 113 Å². The first-order valence-electron chi connectivity index (χ1n) is 11.3. The van der Waals surface area contributed by atoms with Gasteiger partial charge in [0.25, 0.3) is 0 Å². The number of aryl methyl sites for hydroxylation is 1. The highest BCUT2D eigenvalue weighted by molar-refractivity contribution is 8.13. The van der Waals surface area contributed by atoms with Crippen LogP contribution in [0.25, 0.3) is 0 Å². The van der Waals surface area contributed by atoms with Gasteiger partial charge in [-0.15, -0.1) is 0 Å². The summed E-state index contributed by atoms with van der Waals surface area (Å²) in [4.78, 5) is 7.83. The molecule has 0 aliphatic heterocycles. The lowest BCUT2D eigenvalue weighted by atomic mass is 10.1. The Hall–Kier alpha value is -3.71. The number of phenols is 1. The average molecular weight is 507 g/mol. The molecule has 0 bridgehead atoms. The Morgan fingerprint density at radius 2 is 1.47 bits per heavy atom. The summed E-state index contributed by atoms with van der Waals surface area (Å²) in [5.74, 6) is 0.166. The number of aromatic hydroxyl groups is 1. The lowest BCUT2D eigenvalue weighted by Crippen LogP contribution is -2.28. The predicted molar refractivity (Wildman–Crippen MR) is 139 cm³/mol. The molecular weight excluding hydrogens is 481 g/mol. The van der Waals surface area contributed by atoms with E-state index in [0.717, 1.165) is 33.7 Å². The summed E-state index contributed by atoms with van der Waals surface area (Å²) in [5, 5.41) is 10.6. The van der Waals surface area contributed by atoms with Gasteiger partial charge in [0.1, 0.15) is 5.75 Å². The van der Waals surface area contributed by atoms with Crippen molar-refractivity contribution in [3.8, 4) is 5.75 Å². The van der Waals surface area contributed by atoms with Gasteiger partial charge in [-0.2, -0.15) is 13.2 Å². The first-order valence-corrected chi connectivity index (χ1v) is 12.2. The van der Waals surface area contributed by atoms with E-state index in [1.54, 1.807) is 18.2 Å². The zero-order chi connectivity index (χ0) is 25.5. The molecule has 0 saturated heterocycles. The fourth-order valence-corrected chi connectivity index (χ4v) is 4.66. The van der Waals surface area contributed by atoms with E-state index in [0.29, 0.717) is 23.9 Å². The van der Waals surface area contributed by atoms with Crippen molar-refractivity contribution in [2.24, 2.45) is 4.99 Å². The highest BCUT2D eigenvalue weighted by Gasteiger charge is 2.30. The van der Waals surface area contributed by atoms with Crippen LogP contribution in [0, 0.1) is 6.92 Å². The monoisotopic (exact) mass is 506 g/mol. The summed E-state index contributed by atoms with van der Waals surface area (Å²) in [7, 11) is 0. The quantitative estimate of drug-likeness (QED) is 0.163. The van der Waals surface area contributed by atoms with E-state index in [-0.39, 0.29) is 5.75 Å². The Morgan fingerprint density at radius 1 is 0.806 bits per heavy atom. The number of amidine groups is 1. The molecule has 0 aliphatic rings. The molecule has 3 nitrogen and oxygen atoms in total. The van der Waals surface area contributed by atoms with Crippen molar-refractivity contribution in [3.63, 3.8) is 0 Å². The van der Waals surface area contributed by atoms with E-state index in [1.807, 2.05) is 67.6 Å². The second-order valence-corrected chi connectivity index (χ2v) is 9.41. The summed E-state index contributed by atoms with van der Waals surface area (Å²) in [6.07, 6.45) is -4.41. The fraction of sp³-hybridized carbons (Fsp3) is 0.138. The van der Waals surface area contributed by atoms with Crippen molar-refractivity contribution >= 4 is 22.6 Å². The Bertz CT molecular complexity index is 1320. The van der Waals surface area contributed by atoms with Crippen LogP contribution >= 0.6 is 11.8 Å². The standard InChI is InChI=1S/C29H25F3N2OS/c1-21-7-5-12-27(17-21)36-28(33-25-15-13-24(14-16-25)29(30,31)32)34(19-22-8-3-2-4-9-22)20-23-10-6-11-26(35)18-23/h2-18,35H,19-20H2,1H3. The largest absolute Gasteiger partial charge is 0.508 e. The maximum Gasteiger partial charge on any atom is 0.416 e. The summed E-state index contributed by atoms with van der Waals surface area (Å²) < 4.78 is 39.3. The number of benzene rings is 4. The topological polar surface area (TPSA) is 35.8 Å². The molecule has 0 aromatic heterocycles. The van der Waals surface area contributed by atoms with E-state index in [1.165, 1.54) is 23.9 Å². The molecule has 0 saturated carbocycles. The first kappa shape index (κ1) is 25.4. The number of aliphatic imine (C=N–C) groups is 1. The molecule has 0 radical (unpaired) electrons. The molecule has 184 valence electrons. The van der Waals surface area contributed by atoms with Gasteiger partial charge in [0.15, 0.2) is 5.17 Å². The van der Waals surface area contributed by atoms with Gasteiger partial charge in [-0.05, 0) is 66.6 Å². The van der Waals surface area contributed by atoms with Crippen LogP contribution in [0.5, 0.6) is 5.75 Å². The average Bonchev–Trinajstić information content (AvgIpc) is 2.84. The van der Waals surface area contributed by atoms with Gasteiger partial charge in [-0.1, -0.05) is 71.9 Å². The molecule has 0 amide bonds. The Morgan fingerprint density at radius 3 is 2.14 bits per heavy atom. The maximum atomic E-state index is 13.1. The van der Waals surface area contributed by atoms with Gasteiger partial charge >= 0.3 is 6.18 Å². The van der Waals surface area contributed by atoms with Crippen LogP contribution in [-0.4, -0.2) is 15.2 Å². The van der Waals surface area contributed by atoms with Crippen LogP contribution in [0.1, 0.15) is 22.3 Å². The number of phenolic OH excluding ortho intramolecular Hbond substituents is 1. The number of nitrogens with zero attached hydrogens (tertiary/aromatic N) is 2. The first-order chi connectivity index (χ1) is 17.3. The van der Waals surface area contributed by atoms with Gasteiger partial charge in [-0.25, -0.2) is 4.99 Å². The molecule has 0 atom stereocenters. The van der Waals surface area contributed by atoms with Gasteiger partial charge in [0.05, 0.1) is 11.3 Å². The summed E-state index contributed by atoms with van der Waals surface area (Å²) in [5.41, 5.74) is 2.75. The molecule has 0 heterocycles. The maximum absolute atomic E-state index is 13.1. The van der Waals surface area contributed by atoms with E-state index < -0.39 is 11.7 Å². The molecule has 7 heteroatoms. The molecular formula is C29H25F3N2OS. The molecule has 0 spiro atoms. The van der Waals surface area contributed by atoms with E-state index in [9.17, 15) is 18.3 Å². The van der Waals surface area contributed by atoms with Crippen LogP contribution < -0.4 is 0 Å². The number of thioether (sulfide) groups is 1. The van der Waals surface area contributed by atoms with Gasteiger partial charge in [-0.3, -0.25) is 0 Å². The number of rotatable bonds is 6. The number of hydrogen-bond acceptors (Lipinski definition) is 3. The summed E-state index contributed by atoms with van der Waals surface area (Å²) in [6, 6.07) is 29.8. The zero-order valence-electron chi connectivity index (χ0n) is 19.6. The zero-order valence-corrected chi connectivity index (χ0v) is 20.4. The summed E-state index contributed by atoms with van der Waals surface area (Å²) in [6.45, 7) is 2.97. The molecule has 4 aromatic carbocycles. The molecule has 0 unspecified atom stereocenters.